The summed E-state index contributed by atoms with van der Waals surface area (Å²) in [6.45, 7) is 7.82. The van der Waals surface area contributed by atoms with E-state index < -0.39 is 0 Å². The van der Waals surface area contributed by atoms with Gasteiger partial charge in [0.25, 0.3) is 0 Å². The summed E-state index contributed by atoms with van der Waals surface area (Å²) >= 11 is 1.74. The third-order valence-corrected chi connectivity index (χ3v) is 4.80. The van der Waals surface area contributed by atoms with Crippen molar-refractivity contribution in [2.45, 2.75) is 52.1 Å². The van der Waals surface area contributed by atoms with Crippen LogP contribution < -0.4 is 5.32 Å². The molecule has 5 heteroatoms. The van der Waals surface area contributed by atoms with Crippen LogP contribution in [0.5, 0.6) is 0 Å². The number of hydrogen-bond acceptors (Lipinski definition) is 3. The molecule has 4 nitrogen and oxygen atoms in total. The molecule has 1 rings (SSSR count). The first-order valence-electron chi connectivity index (χ1n) is 8.21. The number of hydrogen-bond donors (Lipinski definition) is 1. The molecule has 0 aromatic carbocycles. The normalized spacial score (nSPS) is 12.7. The summed E-state index contributed by atoms with van der Waals surface area (Å²) in [6, 6.07) is 4.70. The van der Waals surface area contributed by atoms with E-state index in [1.165, 1.54) is 17.7 Å². The molecule has 126 valence electrons. The minimum Gasteiger partial charge on any atom is -0.336 e. The number of carbonyl (C=O) groups excluding carboxylic acids is 1. The fraction of sp³-hybridized carbons (Fsp3) is 0.706. The fourth-order valence-corrected chi connectivity index (χ4v) is 3.35. The Morgan fingerprint density at radius 1 is 1.32 bits per heavy atom. The Hall–Kier alpha value is -1.07. The lowest BCUT2D eigenvalue weighted by molar-refractivity contribution is 0.177. The first-order chi connectivity index (χ1) is 10.5. The van der Waals surface area contributed by atoms with Gasteiger partial charge in [-0.15, -0.1) is 11.3 Å². The van der Waals surface area contributed by atoms with E-state index in [2.05, 4.69) is 62.6 Å². The predicted octanol–water partition coefficient (Wildman–Crippen LogP) is 3.96. The molecule has 0 saturated heterocycles. The van der Waals surface area contributed by atoms with E-state index in [4.69, 9.17) is 0 Å². The number of amides is 2. The summed E-state index contributed by atoms with van der Waals surface area (Å²) in [5.74, 6) is 0. The van der Waals surface area contributed by atoms with Crippen molar-refractivity contribution < 1.29 is 4.79 Å². The van der Waals surface area contributed by atoms with Crippen LogP contribution in [-0.4, -0.2) is 49.1 Å². The Kier molecular flexibility index (Phi) is 8.49. The molecule has 0 saturated carbocycles. The molecule has 1 atom stereocenters. The number of carbonyl (C=O) groups is 1. The van der Waals surface area contributed by atoms with Crippen molar-refractivity contribution in [2.24, 2.45) is 0 Å². The molecule has 1 heterocycles. The minimum absolute atomic E-state index is 0.0505. The summed E-state index contributed by atoms with van der Waals surface area (Å²) in [4.78, 5) is 17.9. The van der Waals surface area contributed by atoms with Crippen molar-refractivity contribution >= 4 is 17.4 Å². The lowest BCUT2D eigenvalue weighted by Crippen LogP contribution is -2.46. The average molecular weight is 326 g/mol. The first kappa shape index (κ1) is 19.0. The zero-order valence-corrected chi connectivity index (χ0v) is 15.4. The minimum atomic E-state index is 0.0505. The highest BCUT2D eigenvalue weighted by atomic mass is 32.1. The molecule has 0 bridgehead atoms. The molecule has 1 N–H and O–H groups in total. The topological polar surface area (TPSA) is 35.6 Å². The number of thiophene rings is 1. The van der Waals surface area contributed by atoms with Crippen LogP contribution in [0.25, 0.3) is 0 Å². The number of urea groups is 1. The summed E-state index contributed by atoms with van der Waals surface area (Å²) < 4.78 is 0. The van der Waals surface area contributed by atoms with Crippen molar-refractivity contribution in [3.63, 3.8) is 0 Å². The average Bonchev–Trinajstić information content (AvgIpc) is 2.96. The molecule has 1 unspecified atom stereocenters. The Bertz CT molecular complexity index is 418. The summed E-state index contributed by atoms with van der Waals surface area (Å²) in [5.41, 5.74) is 0. The van der Waals surface area contributed by atoms with Gasteiger partial charge in [0, 0.05) is 24.0 Å². The van der Waals surface area contributed by atoms with Crippen LogP contribution in [0.1, 0.15) is 51.0 Å². The SMILES string of the molecule is CCCCCN(C(=O)NCC(c1cccs1)N(C)C)C(C)C. The number of rotatable bonds is 9. The molecule has 0 radical (unpaired) electrons. The molecule has 1 aromatic rings. The van der Waals surface area contributed by atoms with Gasteiger partial charge in [0.15, 0.2) is 0 Å². The van der Waals surface area contributed by atoms with Gasteiger partial charge in [-0.2, -0.15) is 0 Å². The van der Waals surface area contributed by atoms with Gasteiger partial charge in [0.1, 0.15) is 0 Å². The van der Waals surface area contributed by atoms with Gasteiger partial charge in [-0.1, -0.05) is 25.8 Å². The molecule has 2 amide bonds. The van der Waals surface area contributed by atoms with Crippen LogP contribution in [0.15, 0.2) is 17.5 Å². The molecule has 0 fully saturated rings. The molecule has 0 aliphatic carbocycles. The maximum atomic E-state index is 12.5. The van der Waals surface area contributed by atoms with E-state index >= 15 is 0 Å². The Morgan fingerprint density at radius 3 is 2.55 bits per heavy atom. The van der Waals surface area contributed by atoms with Crippen LogP contribution in [-0.2, 0) is 0 Å². The monoisotopic (exact) mass is 325 g/mol. The van der Waals surface area contributed by atoms with Gasteiger partial charge in [-0.3, -0.25) is 0 Å². The van der Waals surface area contributed by atoms with Crippen molar-refractivity contribution in [3.05, 3.63) is 22.4 Å². The largest absolute Gasteiger partial charge is 0.336 e. The molecular formula is C17H31N3OS. The smallest absolute Gasteiger partial charge is 0.317 e. The van der Waals surface area contributed by atoms with E-state index in [1.807, 2.05) is 4.90 Å². The number of nitrogens with zero attached hydrogens (tertiary/aromatic N) is 2. The zero-order valence-electron chi connectivity index (χ0n) is 14.6. The Morgan fingerprint density at radius 2 is 2.05 bits per heavy atom. The third kappa shape index (κ3) is 5.97. The van der Waals surface area contributed by atoms with Crippen LogP contribution in [0.4, 0.5) is 4.79 Å². The maximum Gasteiger partial charge on any atom is 0.317 e. The van der Waals surface area contributed by atoms with E-state index in [-0.39, 0.29) is 18.1 Å². The van der Waals surface area contributed by atoms with Crippen molar-refractivity contribution in [3.8, 4) is 0 Å². The zero-order chi connectivity index (χ0) is 16.5. The Balaban J connectivity index is 2.56. The first-order valence-corrected chi connectivity index (χ1v) is 9.09. The highest BCUT2D eigenvalue weighted by Gasteiger charge is 2.20. The number of unbranched alkanes of at least 4 members (excludes halogenated alkanes) is 2. The van der Waals surface area contributed by atoms with Crippen LogP contribution in [0.3, 0.4) is 0 Å². The maximum absolute atomic E-state index is 12.5. The van der Waals surface area contributed by atoms with Crippen LogP contribution >= 0.6 is 11.3 Å². The predicted molar refractivity (Wildman–Crippen MR) is 95.5 cm³/mol. The van der Waals surface area contributed by atoms with Gasteiger partial charge in [-0.25, -0.2) is 4.79 Å². The summed E-state index contributed by atoms with van der Waals surface area (Å²) in [6.07, 6.45) is 3.42. The molecule has 22 heavy (non-hydrogen) atoms. The van der Waals surface area contributed by atoms with Crippen molar-refractivity contribution in [1.82, 2.24) is 15.1 Å². The van der Waals surface area contributed by atoms with Gasteiger partial charge in [0.2, 0.25) is 0 Å². The van der Waals surface area contributed by atoms with Crippen LogP contribution in [0.2, 0.25) is 0 Å². The second-order valence-corrected chi connectivity index (χ2v) is 7.15. The van der Waals surface area contributed by atoms with Gasteiger partial charge in [-0.05, 0) is 45.8 Å². The van der Waals surface area contributed by atoms with Gasteiger partial charge < -0.3 is 15.1 Å². The summed E-state index contributed by atoms with van der Waals surface area (Å²) in [7, 11) is 4.11. The van der Waals surface area contributed by atoms with E-state index in [9.17, 15) is 4.79 Å². The number of nitrogens with one attached hydrogen (secondary N) is 1. The lowest BCUT2D eigenvalue weighted by atomic mass is 10.2. The van der Waals surface area contributed by atoms with Crippen LogP contribution in [0, 0.1) is 0 Å². The molecule has 1 aromatic heterocycles. The highest BCUT2D eigenvalue weighted by molar-refractivity contribution is 7.10. The highest BCUT2D eigenvalue weighted by Crippen LogP contribution is 2.22. The second-order valence-electron chi connectivity index (χ2n) is 6.18. The second kappa shape index (κ2) is 9.85. The van der Waals surface area contributed by atoms with Gasteiger partial charge >= 0.3 is 6.03 Å². The van der Waals surface area contributed by atoms with E-state index in [1.54, 1.807) is 11.3 Å². The standard InChI is InChI=1S/C17H31N3OS/c1-6-7-8-11-20(14(2)3)17(21)18-13-15(19(4)5)16-10-9-12-22-16/h9-10,12,14-15H,6-8,11,13H2,1-5H3,(H,18,21). The molecule has 0 aliphatic heterocycles. The summed E-state index contributed by atoms with van der Waals surface area (Å²) in [5, 5.41) is 5.19. The molecule has 0 aliphatic rings. The molecular weight excluding hydrogens is 294 g/mol. The van der Waals surface area contributed by atoms with Crippen molar-refractivity contribution in [1.29, 1.82) is 0 Å². The van der Waals surface area contributed by atoms with Gasteiger partial charge in [0.05, 0.1) is 6.04 Å². The van der Waals surface area contributed by atoms with E-state index in [0.29, 0.717) is 6.54 Å². The van der Waals surface area contributed by atoms with Crippen molar-refractivity contribution in [2.75, 3.05) is 27.2 Å². The quantitative estimate of drug-likeness (QED) is 0.698. The Labute approximate surface area is 139 Å². The fourth-order valence-electron chi connectivity index (χ4n) is 2.43. The lowest BCUT2D eigenvalue weighted by Gasteiger charge is -2.29. The van der Waals surface area contributed by atoms with E-state index in [0.717, 1.165) is 13.0 Å². The number of likely N-dealkylation sites (N-methyl/N-ethyl adjacent to an activating group) is 1. The third-order valence-electron chi connectivity index (χ3n) is 3.83. The molecule has 0 spiro atoms.